The number of carbonyl (C=O) groups excluding carboxylic acids is 1. The van der Waals surface area contributed by atoms with Crippen LogP contribution in [0, 0.1) is 0 Å². The van der Waals surface area contributed by atoms with Gasteiger partial charge in [0.05, 0.1) is 8.66 Å². The molecule has 19 heavy (non-hydrogen) atoms. The number of rotatable bonds is 5. The second-order valence-corrected chi connectivity index (χ2v) is 7.97. The second kappa shape index (κ2) is 7.20. The summed E-state index contributed by atoms with van der Waals surface area (Å²) in [5.74, 6) is 0.0223. The van der Waals surface area contributed by atoms with Gasteiger partial charge in [-0.25, -0.2) is 0 Å². The Bertz CT molecular complexity index is 424. The van der Waals surface area contributed by atoms with Crippen LogP contribution in [0.4, 0.5) is 0 Å². The lowest BCUT2D eigenvalue weighted by atomic mass is 10.2. The SMILES string of the molecule is CC[C@H](CNC(=O)c1cc(Br)c(Br)s1)N1CCCC1. The first kappa shape index (κ1) is 15.5. The Morgan fingerprint density at radius 1 is 1.47 bits per heavy atom. The van der Waals surface area contributed by atoms with Crippen molar-refractivity contribution in [2.24, 2.45) is 0 Å². The summed E-state index contributed by atoms with van der Waals surface area (Å²) in [5.41, 5.74) is 0. The van der Waals surface area contributed by atoms with E-state index < -0.39 is 0 Å². The summed E-state index contributed by atoms with van der Waals surface area (Å²) in [6.07, 6.45) is 3.66. The maximum Gasteiger partial charge on any atom is 0.261 e. The summed E-state index contributed by atoms with van der Waals surface area (Å²) in [4.78, 5) is 15.3. The molecule has 0 saturated carbocycles. The van der Waals surface area contributed by atoms with Crippen molar-refractivity contribution in [2.45, 2.75) is 32.2 Å². The molecule has 1 amide bonds. The van der Waals surface area contributed by atoms with Crippen LogP contribution in [0.3, 0.4) is 0 Å². The van der Waals surface area contributed by atoms with Crippen LogP contribution in [0.2, 0.25) is 0 Å². The van der Waals surface area contributed by atoms with E-state index in [1.807, 2.05) is 6.07 Å². The Hall–Kier alpha value is 0.0900. The van der Waals surface area contributed by atoms with Crippen LogP contribution >= 0.6 is 43.2 Å². The standard InChI is InChI=1S/C13H18Br2N2OS/c1-2-9(17-5-3-4-6-17)8-16-13(18)11-7-10(14)12(15)19-11/h7,9H,2-6,8H2,1H3,(H,16,18)/t9-/m1/s1. The van der Waals surface area contributed by atoms with Crippen LogP contribution in [0.5, 0.6) is 0 Å². The molecule has 2 heterocycles. The third-order valence-corrected chi connectivity index (χ3v) is 6.75. The fraction of sp³-hybridized carbons (Fsp3) is 0.615. The summed E-state index contributed by atoms with van der Waals surface area (Å²) in [6, 6.07) is 2.33. The van der Waals surface area contributed by atoms with E-state index in [0.29, 0.717) is 6.04 Å². The van der Waals surface area contributed by atoms with E-state index >= 15 is 0 Å². The van der Waals surface area contributed by atoms with Gasteiger partial charge in [-0.15, -0.1) is 11.3 Å². The molecular weight excluding hydrogens is 392 g/mol. The van der Waals surface area contributed by atoms with E-state index in [1.165, 1.54) is 37.3 Å². The Morgan fingerprint density at radius 2 is 2.16 bits per heavy atom. The molecule has 1 saturated heterocycles. The number of hydrogen-bond acceptors (Lipinski definition) is 3. The zero-order chi connectivity index (χ0) is 13.8. The van der Waals surface area contributed by atoms with Gasteiger partial charge in [-0.2, -0.15) is 0 Å². The molecule has 1 aromatic heterocycles. The molecular formula is C13H18Br2N2OS. The molecule has 1 fully saturated rings. The summed E-state index contributed by atoms with van der Waals surface area (Å²) in [5, 5.41) is 3.06. The highest BCUT2D eigenvalue weighted by molar-refractivity contribution is 9.13. The van der Waals surface area contributed by atoms with Gasteiger partial charge in [-0.1, -0.05) is 6.92 Å². The Balaban J connectivity index is 1.88. The van der Waals surface area contributed by atoms with Crippen molar-refractivity contribution in [3.63, 3.8) is 0 Å². The number of likely N-dealkylation sites (tertiary alicyclic amines) is 1. The Kier molecular flexibility index (Phi) is 5.87. The molecule has 2 rings (SSSR count). The highest BCUT2D eigenvalue weighted by Gasteiger charge is 2.21. The van der Waals surface area contributed by atoms with Crippen LogP contribution in [-0.4, -0.2) is 36.5 Å². The first-order chi connectivity index (χ1) is 9.11. The highest BCUT2D eigenvalue weighted by Crippen LogP contribution is 2.32. The molecule has 0 unspecified atom stereocenters. The monoisotopic (exact) mass is 408 g/mol. The lowest BCUT2D eigenvalue weighted by molar-refractivity contribution is 0.0941. The number of thiophene rings is 1. The van der Waals surface area contributed by atoms with Gasteiger partial charge >= 0.3 is 0 Å². The summed E-state index contributed by atoms with van der Waals surface area (Å²) in [7, 11) is 0. The number of amides is 1. The lowest BCUT2D eigenvalue weighted by Gasteiger charge is -2.26. The number of nitrogens with zero attached hydrogens (tertiary/aromatic N) is 1. The van der Waals surface area contributed by atoms with Crippen molar-refractivity contribution >= 4 is 49.1 Å². The molecule has 3 nitrogen and oxygen atoms in total. The normalized spacial score (nSPS) is 17.6. The molecule has 106 valence electrons. The predicted molar refractivity (Wildman–Crippen MR) is 86.9 cm³/mol. The summed E-state index contributed by atoms with van der Waals surface area (Å²) in [6.45, 7) is 5.27. The largest absolute Gasteiger partial charge is 0.350 e. The van der Waals surface area contributed by atoms with Crippen LogP contribution in [0.15, 0.2) is 14.3 Å². The molecule has 6 heteroatoms. The van der Waals surface area contributed by atoms with Gasteiger partial charge in [-0.05, 0) is 70.3 Å². The number of halogens is 2. The Labute approximate surface area is 135 Å². The van der Waals surface area contributed by atoms with Gasteiger partial charge in [0.15, 0.2) is 0 Å². The summed E-state index contributed by atoms with van der Waals surface area (Å²) >= 11 is 8.28. The maximum absolute atomic E-state index is 12.1. The van der Waals surface area contributed by atoms with Gasteiger partial charge in [-0.3, -0.25) is 9.69 Å². The van der Waals surface area contributed by atoms with E-state index in [1.54, 1.807) is 0 Å². The van der Waals surface area contributed by atoms with Gasteiger partial charge in [0.1, 0.15) is 0 Å². The third-order valence-electron chi connectivity index (χ3n) is 3.50. The quantitative estimate of drug-likeness (QED) is 0.800. The van der Waals surface area contributed by atoms with Crippen LogP contribution in [-0.2, 0) is 0 Å². The van der Waals surface area contributed by atoms with Gasteiger partial charge in [0.2, 0.25) is 0 Å². The average Bonchev–Trinajstić information content (AvgIpc) is 3.01. The number of carbonyl (C=O) groups is 1. The highest BCUT2D eigenvalue weighted by atomic mass is 79.9. The zero-order valence-electron chi connectivity index (χ0n) is 10.9. The maximum atomic E-state index is 12.1. The molecule has 0 bridgehead atoms. The van der Waals surface area contributed by atoms with Crippen molar-refractivity contribution in [3.8, 4) is 0 Å². The van der Waals surface area contributed by atoms with Crippen molar-refractivity contribution < 1.29 is 4.79 Å². The van der Waals surface area contributed by atoms with E-state index in [2.05, 4.69) is 49.0 Å². The molecule has 0 spiro atoms. The van der Waals surface area contributed by atoms with E-state index in [9.17, 15) is 4.79 Å². The van der Waals surface area contributed by atoms with Crippen molar-refractivity contribution in [1.29, 1.82) is 0 Å². The van der Waals surface area contributed by atoms with Crippen LogP contribution in [0.25, 0.3) is 0 Å². The van der Waals surface area contributed by atoms with Gasteiger partial charge < -0.3 is 5.32 Å². The van der Waals surface area contributed by atoms with Gasteiger partial charge in [0, 0.05) is 17.1 Å². The minimum atomic E-state index is 0.0223. The van der Waals surface area contributed by atoms with Crippen LogP contribution < -0.4 is 5.32 Å². The summed E-state index contributed by atoms with van der Waals surface area (Å²) < 4.78 is 1.90. The molecule has 1 aliphatic heterocycles. The molecule has 0 aliphatic carbocycles. The zero-order valence-corrected chi connectivity index (χ0v) is 14.9. The fourth-order valence-electron chi connectivity index (χ4n) is 2.39. The van der Waals surface area contributed by atoms with E-state index in [4.69, 9.17) is 0 Å². The molecule has 1 aromatic rings. The minimum absolute atomic E-state index is 0.0223. The smallest absolute Gasteiger partial charge is 0.261 e. The van der Waals surface area contributed by atoms with Crippen molar-refractivity contribution in [2.75, 3.05) is 19.6 Å². The fourth-order valence-corrected chi connectivity index (χ4v) is 4.35. The first-order valence-corrected chi connectivity index (χ1v) is 8.99. The Morgan fingerprint density at radius 3 is 2.68 bits per heavy atom. The number of nitrogens with one attached hydrogen (secondary N) is 1. The third kappa shape index (κ3) is 4.03. The molecule has 0 radical (unpaired) electrons. The average molecular weight is 410 g/mol. The topological polar surface area (TPSA) is 32.3 Å². The first-order valence-electron chi connectivity index (χ1n) is 6.59. The predicted octanol–water partition coefficient (Wildman–Crippen LogP) is 3.88. The lowest BCUT2D eigenvalue weighted by Crippen LogP contribution is -2.42. The van der Waals surface area contributed by atoms with E-state index in [-0.39, 0.29) is 5.91 Å². The van der Waals surface area contributed by atoms with Crippen molar-refractivity contribution in [1.82, 2.24) is 10.2 Å². The van der Waals surface area contributed by atoms with Crippen LogP contribution in [0.1, 0.15) is 35.9 Å². The van der Waals surface area contributed by atoms with Gasteiger partial charge in [0.25, 0.3) is 5.91 Å². The van der Waals surface area contributed by atoms with E-state index in [0.717, 1.165) is 26.1 Å². The second-order valence-electron chi connectivity index (χ2n) is 4.75. The molecule has 1 N–H and O–H groups in total. The molecule has 0 aromatic carbocycles. The minimum Gasteiger partial charge on any atom is -0.350 e. The molecule has 1 aliphatic rings. The number of hydrogen-bond donors (Lipinski definition) is 1. The van der Waals surface area contributed by atoms with Crippen molar-refractivity contribution in [3.05, 3.63) is 19.2 Å². The molecule has 1 atom stereocenters.